The molecule has 0 spiro atoms. The molecule has 1 aromatic rings. The van der Waals surface area contributed by atoms with Crippen molar-refractivity contribution in [1.29, 1.82) is 0 Å². The predicted octanol–water partition coefficient (Wildman–Crippen LogP) is 3.14. The van der Waals surface area contributed by atoms with Gasteiger partial charge in [0.15, 0.2) is 5.82 Å². The lowest BCUT2D eigenvalue weighted by Gasteiger charge is -2.36. The molecule has 1 unspecified atom stereocenters. The highest BCUT2D eigenvalue weighted by Gasteiger charge is 2.22. The second-order valence-electron chi connectivity index (χ2n) is 5.69. The van der Waals surface area contributed by atoms with E-state index in [2.05, 4.69) is 46.4 Å². The summed E-state index contributed by atoms with van der Waals surface area (Å²) < 4.78 is 0. The number of hydrogen-bond donors (Lipinski definition) is 1. The molecular weight excluding hydrogens is 248 g/mol. The van der Waals surface area contributed by atoms with Crippen molar-refractivity contribution >= 4 is 5.82 Å². The van der Waals surface area contributed by atoms with Crippen LogP contribution in [0.1, 0.15) is 58.1 Å². The van der Waals surface area contributed by atoms with E-state index < -0.39 is 0 Å². The van der Waals surface area contributed by atoms with Crippen molar-refractivity contribution in [2.75, 3.05) is 18.0 Å². The molecule has 1 aliphatic heterocycles. The minimum absolute atomic E-state index is 0.659. The van der Waals surface area contributed by atoms with Gasteiger partial charge in [0.05, 0.1) is 5.69 Å². The van der Waals surface area contributed by atoms with E-state index in [-0.39, 0.29) is 0 Å². The van der Waals surface area contributed by atoms with E-state index in [9.17, 15) is 0 Å². The molecule has 0 radical (unpaired) electrons. The Balaban J connectivity index is 1.96. The first-order valence-electron chi connectivity index (χ1n) is 8.15. The van der Waals surface area contributed by atoms with Gasteiger partial charge in [0, 0.05) is 19.1 Å². The average Bonchev–Trinajstić information content (AvgIpc) is 2.49. The fourth-order valence-corrected chi connectivity index (χ4v) is 2.93. The zero-order valence-corrected chi connectivity index (χ0v) is 12.9. The minimum Gasteiger partial charge on any atom is -0.352 e. The van der Waals surface area contributed by atoms with Crippen molar-refractivity contribution in [1.82, 2.24) is 15.5 Å². The molecule has 1 atom stereocenters. The van der Waals surface area contributed by atoms with Gasteiger partial charge in [-0.2, -0.15) is 5.10 Å². The standard InChI is InChI=1S/C16H28N4/c1-3-7-15-8-5-6-12-20(15)16-10-9-14(18-19-16)13-17-11-4-2/h9-10,15,17H,3-8,11-13H2,1-2H3. The zero-order valence-electron chi connectivity index (χ0n) is 12.9. The fraction of sp³-hybridized carbons (Fsp3) is 0.750. The molecule has 1 saturated heterocycles. The minimum atomic E-state index is 0.659. The first-order chi connectivity index (χ1) is 9.85. The molecule has 0 saturated carbocycles. The van der Waals surface area contributed by atoms with Gasteiger partial charge in [-0.05, 0) is 50.8 Å². The predicted molar refractivity (Wildman–Crippen MR) is 83.9 cm³/mol. The van der Waals surface area contributed by atoms with Gasteiger partial charge in [0.2, 0.25) is 0 Å². The Morgan fingerprint density at radius 3 is 2.80 bits per heavy atom. The van der Waals surface area contributed by atoms with E-state index in [4.69, 9.17) is 0 Å². The SMILES string of the molecule is CCCNCc1ccc(N2CCCCC2CCC)nn1. The number of nitrogens with zero attached hydrogens (tertiary/aromatic N) is 3. The van der Waals surface area contributed by atoms with Gasteiger partial charge in [0.1, 0.15) is 0 Å². The lowest BCUT2D eigenvalue weighted by molar-refractivity contribution is 0.430. The molecule has 2 heterocycles. The summed E-state index contributed by atoms with van der Waals surface area (Å²) in [6, 6.07) is 4.92. The molecule has 0 amide bonds. The Morgan fingerprint density at radius 1 is 1.20 bits per heavy atom. The molecule has 0 aliphatic carbocycles. The topological polar surface area (TPSA) is 41.0 Å². The maximum atomic E-state index is 4.45. The molecule has 4 heteroatoms. The van der Waals surface area contributed by atoms with Crippen molar-refractivity contribution in [2.45, 2.75) is 65.0 Å². The van der Waals surface area contributed by atoms with Gasteiger partial charge in [-0.1, -0.05) is 20.3 Å². The second-order valence-corrected chi connectivity index (χ2v) is 5.69. The van der Waals surface area contributed by atoms with Crippen LogP contribution in [-0.2, 0) is 6.54 Å². The van der Waals surface area contributed by atoms with Crippen LogP contribution in [-0.4, -0.2) is 29.3 Å². The van der Waals surface area contributed by atoms with Crippen LogP contribution in [0, 0.1) is 0 Å². The molecule has 0 bridgehead atoms. The molecule has 1 fully saturated rings. The number of aromatic nitrogens is 2. The summed E-state index contributed by atoms with van der Waals surface area (Å²) >= 11 is 0. The summed E-state index contributed by atoms with van der Waals surface area (Å²) in [6.45, 7) is 7.42. The van der Waals surface area contributed by atoms with Crippen LogP contribution in [0.3, 0.4) is 0 Å². The van der Waals surface area contributed by atoms with Crippen molar-refractivity contribution in [3.05, 3.63) is 17.8 Å². The van der Waals surface area contributed by atoms with E-state index in [1.807, 2.05) is 0 Å². The number of hydrogen-bond acceptors (Lipinski definition) is 4. The van der Waals surface area contributed by atoms with Crippen LogP contribution >= 0.6 is 0 Å². The number of rotatable bonds is 7. The third-order valence-electron chi connectivity index (χ3n) is 3.98. The highest BCUT2D eigenvalue weighted by atomic mass is 15.3. The van der Waals surface area contributed by atoms with Crippen molar-refractivity contribution in [3.63, 3.8) is 0 Å². The summed E-state index contributed by atoms with van der Waals surface area (Å²) in [6.07, 6.45) is 7.59. The molecule has 112 valence electrons. The van der Waals surface area contributed by atoms with Crippen molar-refractivity contribution in [2.24, 2.45) is 0 Å². The first-order valence-corrected chi connectivity index (χ1v) is 8.15. The van der Waals surface area contributed by atoms with E-state index in [1.165, 1.54) is 32.1 Å². The lowest BCUT2D eigenvalue weighted by atomic mass is 9.98. The van der Waals surface area contributed by atoms with Crippen LogP contribution < -0.4 is 10.2 Å². The molecule has 1 aromatic heterocycles. The fourth-order valence-electron chi connectivity index (χ4n) is 2.93. The Labute approximate surface area is 123 Å². The number of anilines is 1. The summed E-state index contributed by atoms with van der Waals surface area (Å²) in [5.41, 5.74) is 1.03. The molecule has 0 aromatic carbocycles. The first kappa shape index (κ1) is 15.2. The molecule has 4 nitrogen and oxygen atoms in total. The second kappa shape index (κ2) is 8.20. The van der Waals surface area contributed by atoms with E-state index >= 15 is 0 Å². The third kappa shape index (κ3) is 4.17. The Kier molecular flexibility index (Phi) is 6.25. The van der Waals surface area contributed by atoms with E-state index in [1.54, 1.807) is 0 Å². The summed E-state index contributed by atoms with van der Waals surface area (Å²) in [4.78, 5) is 2.46. The maximum Gasteiger partial charge on any atom is 0.151 e. The van der Waals surface area contributed by atoms with Crippen LogP contribution in [0.4, 0.5) is 5.82 Å². The number of piperidine rings is 1. The molecule has 2 rings (SSSR count). The highest BCUT2D eigenvalue weighted by Crippen LogP contribution is 2.25. The van der Waals surface area contributed by atoms with Gasteiger partial charge in [0.25, 0.3) is 0 Å². The maximum absolute atomic E-state index is 4.45. The summed E-state index contributed by atoms with van der Waals surface area (Å²) in [7, 11) is 0. The summed E-state index contributed by atoms with van der Waals surface area (Å²) in [5, 5.41) is 12.2. The van der Waals surface area contributed by atoms with Crippen LogP contribution in [0.15, 0.2) is 12.1 Å². The Hall–Kier alpha value is -1.16. The van der Waals surface area contributed by atoms with Gasteiger partial charge >= 0.3 is 0 Å². The van der Waals surface area contributed by atoms with Crippen LogP contribution in [0.25, 0.3) is 0 Å². The van der Waals surface area contributed by atoms with Gasteiger partial charge in [-0.3, -0.25) is 0 Å². The average molecular weight is 276 g/mol. The normalized spacial score (nSPS) is 19.3. The Bertz CT molecular complexity index is 375. The monoisotopic (exact) mass is 276 g/mol. The third-order valence-corrected chi connectivity index (χ3v) is 3.98. The molecule has 20 heavy (non-hydrogen) atoms. The van der Waals surface area contributed by atoms with Crippen molar-refractivity contribution in [3.8, 4) is 0 Å². The quantitative estimate of drug-likeness (QED) is 0.777. The van der Waals surface area contributed by atoms with E-state index in [0.717, 1.165) is 37.6 Å². The molecule has 1 N–H and O–H groups in total. The number of nitrogens with one attached hydrogen (secondary N) is 1. The van der Waals surface area contributed by atoms with Crippen LogP contribution in [0.5, 0.6) is 0 Å². The van der Waals surface area contributed by atoms with Crippen molar-refractivity contribution < 1.29 is 0 Å². The molecular formula is C16H28N4. The molecule has 1 aliphatic rings. The van der Waals surface area contributed by atoms with E-state index in [0.29, 0.717) is 6.04 Å². The highest BCUT2D eigenvalue weighted by molar-refractivity contribution is 5.39. The lowest BCUT2D eigenvalue weighted by Crippen LogP contribution is -2.40. The van der Waals surface area contributed by atoms with Gasteiger partial charge < -0.3 is 10.2 Å². The summed E-state index contributed by atoms with van der Waals surface area (Å²) in [5.74, 6) is 1.06. The smallest absolute Gasteiger partial charge is 0.151 e. The zero-order chi connectivity index (χ0) is 14.2. The largest absolute Gasteiger partial charge is 0.352 e. The van der Waals surface area contributed by atoms with Gasteiger partial charge in [-0.25, -0.2) is 0 Å². The van der Waals surface area contributed by atoms with Crippen LogP contribution in [0.2, 0.25) is 0 Å². The van der Waals surface area contributed by atoms with Gasteiger partial charge in [-0.15, -0.1) is 5.10 Å². The Morgan fingerprint density at radius 2 is 2.10 bits per heavy atom.